The minimum absolute atomic E-state index is 0.437. The fourth-order valence-corrected chi connectivity index (χ4v) is 1.56. The minimum Gasteiger partial charge on any atom is -0.496 e. The van der Waals surface area contributed by atoms with E-state index in [0.29, 0.717) is 11.3 Å². The lowest BCUT2D eigenvalue weighted by Gasteiger charge is -2.22. The summed E-state index contributed by atoms with van der Waals surface area (Å²) in [4.78, 5) is 11.0. The number of rotatable bonds is 3. The topological polar surface area (TPSA) is 72.5 Å². The van der Waals surface area contributed by atoms with Crippen molar-refractivity contribution < 1.29 is 14.6 Å². The van der Waals surface area contributed by atoms with Gasteiger partial charge < -0.3 is 15.6 Å². The van der Waals surface area contributed by atoms with Gasteiger partial charge in [0.15, 0.2) is 0 Å². The quantitative estimate of drug-likeness (QED) is 0.880. The second kappa shape index (κ2) is 4.20. The summed E-state index contributed by atoms with van der Waals surface area (Å²) in [5.74, 6) is -0.635. The third-order valence-corrected chi connectivity index (χ3v) is 2.66. The second-order valence-corrected chi connectivity index (χ2v) is 4.27. The van der Waals surface area contributed by atoms with Gasteiger partial charge in [0.25, 0.3) is 0 Å². The van der Waals surface area contributed by atoms with Gasteiger partial charge in [0.05, 0.1) is 7.11 Å². The number of nitrogens with two attached hydrogens (primary N) is 1. The van der Waals surface area contributed by atoms with Crippen molar-refractivity contribution in [2.24, 2.45) is 5.73 Å². The summed E-state index contributed by atoms with van der Waals surface area (Å²) in [5, 5.41) is 9.01. The zero-order valence-corrected chi connectivity index (χ0v) is 10.0. The molecule has 1 atom stereocenters. The molecule has 0 aromatic heterocycles. The molecule has 0 radical (unpaired) electrons. The molecule has 82 valence electrons. The maximum atomic E-state index is 11.0. The summed E-state index contributed by atoms with van der Waals surface area (Å²) in [6.07, 6.45) is 0. The molecule has 0 aliphatic carbocycles. The second-order valence-electron chi connectivity index (χ2n) is 3.35. The smallest absolute Gasteiger partial charge is 0.328 e. The predicted octanol–water partition coefficient (Wildman–Crippen LogP) is 1.72. The molecule has 0 heterocycles. The Morgan fingerprint density at radius 1 is 1.60 bits per heavy atom. The molecule has 0 fully saturated rings. The van der Waals surface area contributed by atoms with Crippen LogP contribution in [0.15, 0.2) is 22.7 Å². The van der Waals surface area contributed by atoms with Gasteiger partial charge in [0.2, 0.25) is 0 Å². The monoisotopic (exact) mass is 273 g/mol. The molecule has 3 N–H and O–H groups in total. The Labute approximate surface area is 96.2 Å². The van der Waals surface area contributed by atoms with Crippen LogP contribution in [0.5, 0.6) is 5.75 Å². The zero-order chi connectivity index (χ0) is 11.6. The summed E-state index contributed by atoms with van der Waals surface area (Å²) in [6, 6.07) is 5.08. The van der Waals surface area contributed by atoms with Crippen LogP contribution in [0.1, 0.15) is 12.5 Å². The fraction of sp³-hybridized carbons (Fsp3) is 0.300. The Balaban J connectivity index is 3.34. The molecule has 4 nitrogen and oxygen atoms in total. The molecule has 1 rings (SSSR count). The van der Waals surface area contributed by atoms with Crippen molar-refractivity contribution in [3.63, 3.8) is 0 Å². The number of carboxylic acid groups (broad SMARTS) is 1. The van der Waals surface area contributed by atoms with Crippen LogP contribution in [0.25, 0.3) is 0 Å². The van der Waals surface area contributed by atoms with Gasteiger partial charge in [-0.05, 0) is 25.1 Å². The highest BCUT2D eigenvalue weighted by Crippen LogP contribution is 2.30. The van der Waals surface area contributed by atoms with E-state index in [1.54, 1.807) is 18.2 Å². The van der Waals surface area contributed by atoms with Crippen LogP contribution in [-0.4, -0.2) is 18.2 Å². The van der Waals surface area contributed by atoms with Crippen molar-refractivity contribution in [2.75, 3.05) is 7.11 Å². The molecule has 1 aromatic rings. The van der Waals surface area contributed by atoms with Gasteiger partial charge in [0.1, 0.15) is 11.3 Å². The molecular formula is C10H12BrNO3. The number of hydrogen-bond acceptors (Lipinski definition) is 3. The van der Waals surface area contributed by atoms with Crippen LogP contribution < -0.4 is 10.5 Å². The maximum Gasteiger partial charge on any atom is 0.328 e. The number of benzene rings is 1. The van der Waals surface area contributed by atoms with Crippen LogP contribution in [0.4, 0.5) is 0 Å². The number of carbonyl (C=O) groups is 1. The van der Waals surface area contributed by atoms with Crippen molar-refractivity contribution in [1.29, 1.82) is 0 Å². The molecule has 0 bridgehead atoms. The first-order valence-corrected chi connectivity index (χ1v) is 5.05. The highest BCUT2D eigenvalue weighted by Gasteiger charge is 2.33. The van der Waals surface area contributed by atoms with Crippen molar-refractivity contribution in [3.05, 3.63) is 28.2 Å². The summed E-state index contributed by atoms with van der Waals surface area (Å²) >= 11 is 3.26. The molecule has 0 saturated heterocycles. The number of ether oxygens (including phenoxy) is 1. The third-order valence-electron chi connectivity index (χ3n) is 2.17. The van der Waals surface area contributed by atoms with E-state index in [9.17, 15) is 4.79 Å². The van der Waals surface area contributed by atoms with Gasteiger partial charge >= 0.3 is 5.97 Å². The molecule has 0 aliphatic heterocycles. The zero-order valence-electron chi connectivity index (χ0n) is 8.45. The normalized spacial score (nSPS) is 14.4. The molecule has 1 unspecified atom stereocenters. The Morgan fingerprint density at radius 2 is 2.20 bits per heavy atom. The first-order chi connectivity index (χ1) is 6.89. The lowest BCUT2D eigenvalue weighted by atomic mass is 9.92. The Kier molecular flexibility index (Phi) is 3.36. The highest BCUT2D eigenvalue weighted by molar-refractivity contribution is 9.10. The summed E-state index contributed by atoms with van der Waals surface area (Å²) in [6.45, 7) is 1.43. The van der Waals surface area contributed by atoms with E-state index < -0.39 is 11.5 Å². The van der Waals surface area contributed by atoms with E-state index in [2.05, 4.69) is 15.9 Å². The van der Waals surface area contributed by atoms with E-state index in [1.165, 1.54) is 14.0 Å². The van der Waals surface area contributed by atoms with Crippen molar-refractivity contribution >= 4 is 21.9 Å². The van der Waals surface area contributed by atoms with Crippen molar-refractivity contribution in [3.8, 4) is 5.75 Å². The van der Waals surface area contributed by atoms with Crippen LogP contribution >= 0.6 is 15.9 Å². The first kappa shape index (κ1) is 12.0. The van der Waals surface area contributed by atoms with Crippen LogP contribution in [0.2, 0.25) is 0 Å². The Morgan fingerprint density at radius 3 is 2.67 bits per heavy atom. The van der Waals surface area contributed by atoms with Gasteiger partial charge in [-0.1, -0.05) is 15.9 Å². The summed E-state index contributed by atoms with van der Waals surface area (Å²) in [7, 11) is 1.48. The maximum absolute atomic E-state index is 11.0. The lowest BCUT2D eigenvalue weighted by Crippen LogP contribution is -2.42. The van der Waals surface area contributed by atoms with Gasteiger partial charge in [-0.2, -0.15) is 0 Å². The molecule has 0 aliphatic rings. The van der Waals surface area contributed by atoms with Gasteiger partial charge in [-0.3, -0.25) is 0 Å². The van der Waals surface area contributed by atoms with Crippen molar-refractivity contribution in [1.82, 2.24) is 0 Å². The number of methoxy groups -OCH3 is 1. The lowest BCUT2D eigenvalue weighted by molar-refractivity contribution is -0.143. The fourth-order valence-electron chi connectivity index (χ4n) is 1.20. The summed E-state index contributed by atoms with van der Waals surface area (Å²) in [5.41, 5.74) is 4.70. The SMILES string of the molecule is COc1ccc(Br)cc1C(C)(N)C(=O)O. The van der Waals surface area contributed by atoms with Gasteiger partial charge in [-0.25, -0.2) is 4.79 Å². The molecule has 0 spiro atoms. The molecule has 1 aromatic carbocycles. The molecule has 5 heteroatoms. The van der Waals surface area contributed by atoms with Crippen LogP contribution in [-0.2, 0) is 10.3 Å². The number of carboxylic acids is 1. The highest BCUT2D eigenvalue weighted by atomic mass is 79.9. The Bertz CT molecular complexity index is 390. The van der Waals surface area contributed by atoms with E-state index in [-0.39, 0.29) is 0 Å². The number of halogens is 1. The number of aliphatic carboxylic acids is 1. The average molecular weight is 274 g/mol. The molecule has 15 heavy (non-hydrogen) atoms. The first-order valence-electron chi connectivity index (χ1n) is 4.26. The van der Waals surface area contributed by atoms with E-state index in [0.717, 1.165) is 4.47 Å². The number of hydrogen-bond donors (Lipinski definition) is 2. The van der Waals surface area contributed by atoms with Gasteiger partial charge in [0, 0.05) is 10.0 Å². The van der Waals surface area contributed by atoms with E-state index in [4.69, 9.17) is 15.6 Å². The molecule has 0 saturated carbocycles. The standard InChI is InChI=1S/C10H12BrNO3/c1-10(12,9(13)14)7-5-6(11)3-4-8(7)15-2/h3-5H,12H2,1-2H3,(H,13,14). The largest absolute Gasteiger partial charge is 0.496 e. The van der Waals surface area contributed by atoms with Gasteiger partial charge in [-0.15, -0.1) is 0 Å². The van der Waals surface area contributed by atoms with Crippen LogP contribution in [0, 0.1) is 0 Å². The third kappa shape index (κ3) is 2.30. The Hall–Kier alpha value is -1.07. The predicted molar refractivity (Wildman–Crippen MR) is 59.9 cm³/mol. The minimum atomic E-state index is -1.46. The molecular weight excluding hydrogens is 262 g/mol. The van der Waals surface area contributed by atoms with Crippen LogP contribution in [0.3, 0.4) is 0 Å². The molecule has 0 amide bonds. The van der Waals surface area contributed by atoms with Crippen molar-refractivity contribution in [2.45, 2.75) is 12.5 Å². The van der Waals surface area contributed by atoms with E-state index in [1.807, 2.05) is 0 Å². The summed E-state index contributed by atoms with van der Waals surface area (Å²) < 4.78 is 5.83. The average Bonchev–Trinajstić information content (AvgIpc) is 2.17. The van der Waals surface area contributed by atoms with E-state index >= 15 is 0 Å².